The van der Waals surface area contributed by atoms with E-state index in [2.05, 4.69) is 40.9 Å². The SMILES string of the molecule is CCNC(=NCC1(c2ccc(OC)cc2)CCOCC1)N(C)Cc1cc(Cl)cn1C.I. The van der Waals surface area contributed by atoms with Crippen molar-refractivity contribution in [2.45, 2.75) is 31.7 Å². The third-order valence-corrected chi connectivity index (χ3v) is 6.06. The number of aryl methyl sites for hydroxylation is 1. The summed E-state index contributed by atoms with van der Waals surface area (Å²) in [7, 11) is 5.77. The number of rotatable bonds is 7. The first kappa shape index (κ1) is 25.8. The summed E-state index contributed by atoms with van der Waals surface area (Å²) in [4.78, 5) is 7.21. The molecular weight excluding hydrogens is 527 g/mol. The molecule has 0 bridgehead atoms. The molecule has 1 aromatic carbocycles. The third-order valence-electron chi connectivity index (χ3n) is 5.85. The number of nitrogens with one attached hydrogen (secondary N) is 1. The number of hydrogen-bond donors (Lipinski definition) is 1. The van der Waals surface area contributed by atoms with Crippen LogP contribution in [0.3, 0.4) is 0 Å². The maximum absolute atomic E-state index is 6.15. The Morgan fingerprint density at radius 2 is 1.97 bits per heavy atom. The van der Waals surface area contributed by atoms with E-state index in [1.807, 2.05) is 31.4 Å². The van der Waals surface area contributed by atoms with Crippen LogP contribution in [0.15, 0.2) is 41.5 Å². The second kappa shape index (κ2) is 12.0. The van der Waals surface area contributed by atoms with Crippen LogP contribution in [0.2, 0.25) is 5.02 Å². The minimum absolute atomic E-state index is 0. The van der Waals surface area contributed by atoms with E-state index in [1.54, 1.807) is 7.11 Å². The first-order valence-corrected chi connectivity index (χ1v) is 10.9. The van der Waals surface area contributed by atoms with Crippen molar-refractivity contribution >= 4 is 41.5 Å². The van der Waals surface area contributed by atoms with Gasteiger partial charge in [-0.1, -0.05) is 23.7 Å². The van der Waals surface area contributed by atoms with Crippen molar-refractivity contribution in [2.24, 2.45) is 12.0 Å². The normalized spacial score (nSPS) is 15.8. The number of hydrogen-bond acceptors (Lipinski definition) is 3. The van der Waals surface area contributed by atoms with E-state index in [4.69, 9.17) is 26.1 Å². The van der Waals surface area contributed by atoms with Crippen LogP contribution in [0.5, 0.6) is 5.75 Å². The van der Waals surface area contributed by atoms with Gasteiger partial charge in [0.2, 0.25) is 0 Å². The zero-order valence-electron chi connectivity index (χ0n) is 18.9. The van der Waals surface area contributed by atoms with Gasteiger partial charge < -0.3 is 24.3 Å². The minimum atomic E-state index is -0.0275. The first-order valence-electron chi connectivity index (χ1n) is 10.5. The molecule has 0 radical (unpaired) electrons. The summed E-state index contributed by atoms with van der Waals surface area (Å²) in [5.41, 5.74) is 2.41. The molecule has 2 aromatic rings. The average Bonchev–Trinajstić information content (AvgIpc) is 3.08. The largest absolute Gasteiger partial charge is 0.497 e. The second-order valence-corrected chi connectivity index (χ2v) is 8.34. The van der Waals surface area contributed by atoms with Crippen LogP contribution in [0.1, 0.15) is 31.0 Å². The van der Waals surface area contributed by atoms with E-state index in [9.17, 15) is 0 Å². The van der Waals surface area contributed by atoms with Gasteiger partial charge in [-0.25, -0.2) is 0 Å². The Bertz CT molecular complexity index is 848. The molecule has 1 aliphatic heterocycles. The van der Waals surface area contributed by atoms with Crippen LogP contribution < -0.4 is 10.1 Å². The van der Waals surface area contributed by atoms with Crippen LogP contribution in [-0.2, 0) is 23.7 Å². The fourth-order valence-electron chi connectivity index (χ4n) is 3.98. The Labute approximate surface area is 208 Å². The molecule has 1 N–H and O–H groups in total. The smallest absolute Gasteiger partial charge is 0.194 e. The standard InChI is InChI=1S/C23H33ClN4O2.HI/c1-5-25-22(28(3)16-20-14-19(24)15-27(20)2)26-17-23(10-12-30-13-11-23)18-6-8-21(29-4)9-7-18;/h6-9,14-15H,5,10-13,16-17H2,1-4H3,(H,25,26);1H. The van der Waals surface area contributed by atoms with Gasteiger partial charge in [-0.15, -0.1) is 24.0 Å². The molecular formula is C23H34ClIN4O2. The average molecular weight is 561 g/mol. The summed E-state index contributed by atoms with van der Waals surface area (Å²) in [5.74, 6) is 1.77. The first-order chi connectivity index (χ1) is 14.5. The van der Waals surface area contributed by atoms with Gasteiger partial charge in [-0.2, -0.15) is 0 Å². The van der Waals surface area contributed by atoms with Crippen molar-refractivity contribution < 1.29 is 9.47 Å². The quantitative estimate of drug-likeness (QED) is 0.309. The van der Waals surface area contributed by atoms with Gasteiger partial charge in [-0.3, -0.25) is 4.99 Å². The molecule has 1 aromatic heterocycles. The number of methoxy groups -OCH3 is 1. The Kier molecular flexibility index (Phi) is 9.96. The van der Waals surface area contributed by atoms with Gasteiger partial charge in [0.05, 0.1) is 25.2 Å². The van der Waals surface area contributed by atoms with E-state index in [0.29, 0.717) is 6.54 Å². The number of ether oxygens (including phenoxy) is 2. The van der Waals surface area contributed by atoms with E-state index in [1.165, 1.54) is 5.56 Å². The van der Waals surface area contributed by atoms with Crippen molar-refractivity contribution in [1.82, 2.24) is 14.8 Å². The van der Waals surface area contributed by atoms with Gasteiger partial charge >= 0.3 is 0 Å². The molecule has 1 aliphatic rings. The summed E-state index contributed by atoms with van der Waals surface area (Å²) in [6.45, 7) is 5.87. The molecule has 1 saturated heterocycles. The molecule has 172 valence electrons. The number of guanidine groups is 1. The summed E-state index contributed by atoms with van der Waals surface area (Å²) in [5, 5.41) is 4.19. The molecule has 0 amide bonds. The Morgan fingerprint density at radius 1 is 1.29 bits per heavy atom. The highest BCUT2D eigenvalue weighted by Crippen LogP contribution is 2.36. The Hall–Kier alpha value is -1.45. The van der Waals surface area contributed by atoms with Crippen LogP contribution in [0, 0.1) is 0 Å². The topological polar surface area (TPSA) is 51.0 Å². The zero-order chi connectivity index (χ0) is 21.6. The lowest BCUT2D eigenvalue weighted by Gasteiger charge is -2.37. The fourth-order valence-corrected chi connectivity index (χ4v) is 4.25. The highest BCUT2D eigenvalue weighted by Gasteiger charge is 2.34. The molecule has 1 fully saturated rings. The monoisotopic (exact) mass is 560 g/mol. The highest BCUT2D eigenvalue weighted by molar-refractivity contribution is 14.0. The highest BCUT2D eigenvalue weighted by atomic mass is 127. The number of aliphatic imine (C=N–C) groups is 1. The minimum Gasteiger partial charge on any atom is -0.497 e. The zero-order valence-corrected chi connectivity index (χ0v) is 21.9. The number of halogens is 2. The van der Waals surface area contributed by atoms with Crippen molar-refractivity contribution in [2.75, 3.05) is 40.5 Å². The van der Waals surface area contributed by atoms with E-state index in [0.717, 1.165) is 61.6 Å². The molecule has 8 heteroatoms. The van der Waals surface area contributed by atoms with Gasteiger partial charge in [0.25, 0.3) is 0 Å². The molecule has 31 heavy (non-hydrogen) atoms. The van der Waals surface area contributed by atoms with Crippen LogP contribution >= 0.6 is 35.6 Å². The Balaban J connectivity index is 0.00000341. The molecule has 0 unspecified atom stereocenters. The molecule has 0 spiro atoms. The van der Waals surface area contributed by atoms with Crippen LogP contribution in [0.25, 0.3) is 0 Å². The summed E-state index contributed by atoms with van der Waals surface area (Å²) >= 11 is 6.15. The summed E-state index contributed by atoms with van der Waals surface area (Å²) < 4.78 is 13.1. The third kappa shape index (κ3) is 6.52. The van der Waals surface area contributed by atoms with Gasteiger partial charge in [0.1, 0.15) is 5.75 Å². The lowest BCUT2D eigenvalue weighted by Crippen LogP contribution is -2.42. The predicted octanol–water partition coefficient (Wildman–Crippen LogP) is 4.45. The van der Waals surface area contributed by atoms with Crippen LogP contribution in [0.4, 0.5) is 0 Å². The second-order valence-electron chi connectivity index (χ2n) is 7.91. The maximum Gasteiger partial charge on any atom is 0.194 e. The summed E-state index contributed by atoms with van der Waals surface area (Å²) in [6.07, 6.45) is 3.84. The van der Waals surface area contributed by atoms with Crippen molar-refractivity contribution in [3.05, 3.63) is 52.8 Å². The van der Waals surface area contributed by atoms with Gasteiger partial charge in [-0.05, 0) is 43.5 Å². The molecule has 0 atom stereocenters. The predicted molar refractivity (Wildman–Crippen MR) is 138 cm³/mol. The van der Waals surface area contributed by atoms with Crippen molar-refractivity contribution in [3.63, 3.8) is 0 Å². The van der Waals surface area contributed by atoms with E-state index in [-0.39, 0.29) is 29.4 Å². The number of benzene rings is 1. The van der Waals surface area contributed by atoms with Crippen molar-refractivity contribution in [3.8, 4) is 5.75 Å². The van der Waals surface area contributed by atoms with E-state index < -0.39 is 0 Å². The molecule has 0 aliphatic carbocycles. The molecule has 0 saturated carbocycles. The van der Waals surface area contributed by atoms with E-state index >= 15 is 0 Å². The fraction of sp³-hybridized carbons (Fsp3) is 0.522. The number of nitrogens with zero attached hydrogens (tertiary/aromatic N) is 3. The molecule has 2 heterocycles. The van der Waals surface area contributed by atoms with Crippen LogP contribution in [-0.4, -0.2) is 55.9 Å². The van der Waals surface area contributed by atoms with Crippen molar-refractivity contribution in [1.29, 1.82) is 0 Å². The maximum atomic E-state index is 6.15. The lowest BCUT2D eigenvalue weighted by molar-refractivity contribution is 0.0530. The summed E-state index contributed by atoms with van der Waals surface area (Å²) in [6, 6.07) is 10.4. The van der Waals surface area contributed by atoms with Gasteiger partial charge in [0, 0.05) is 51.2 Å². The lowest BCUT2D eigenvalue weighted by atomic mass is 9.74. The van der Waals surface area contributed by atoms with Gasteiger partial charge in [0.15, 0.2) is 5.96 Å². The molecule has 3 rings (SSSR count). The number of aromatic nitrogens is 1. The molecule has 6 nitrogen and oxygen atoms in total. The Morgan fingerprint density at radius 3 is 2.52 bits per heavy atom.